The normalized spacial score (nSPS) is 21.7. The number of carbonyl (C=O) groups excluding carboxylic acids is 1. The van der Waals surface area contributed by atoms with Crippen LogP contribution < -0.4 is 9.62 Å². The minimum Gasteiger partial charge on any atom is -0.334 e. The second kappa shape index (κ2) is 6.58. The molecule has 0 aliphatic carbocycles. The Morgan fingerprint density at radius 3 is 3.04 bits per heavy atom. The number of nitrogens with one attached hydrogen (secondary N) is 1. The van der Waals surface area contributed by atoms with E-state index in [1.54, 1.807) is 22.4 Å². The van der Waals surface area contributed by atoms with Crippen LogP contribution in [0.2, 0.25) is 0 Å². The summed E-state index contributed by atoms with van der Waals surface area (Å²) < 4.78 is 27.8. The SMILES string of the molecule is C[C@H]1Cn2ncc(N3CCCS3(=O)=O)c2CN1C(=O)NCc1ccsc1.[HH]. The lowest BCUT2D eigenvalue weighted by Crippen LogP contribution is -2.49. The van der Waals surface area contributed by atoms with Gasteiger partial charge in [-0.05, 0) is 35.7 Å². The van der Waals surface area contributed by atoms with Crippen molar-refractivity contribution in [3.8, 4) is 0 Å². The zero-order valence-electron chi connectivity index (χ0n) is 14.5. The number of rotatable bonds is 3. The second-order valence-electron chi connectivity index (χ2n) is 6.67. The molecule has 1 atom stereocenters. The Kier molecular flexibility index (Phi) is 4.39. The zero-order valence-corrected chi connectivity index (χ0v) is 16.1. The van der Waals surface area contributed by atoms with Crippen molar-refractivity contribution in [2.24, 2.45) is 0 Å². The van der Waals surface area contributed by atoms with Crippen molar-refractivity contribution in [3.63, 3.8) is 0 Å². The summed E-state index contributed by atoms with van der Waals surface area (Å²) in [7, 11) is -3.27. The van der Waals surface area contributed by atoms with Gasteiger partial charge >= 0.3 is 6.03 Å². The summed E-state index contributed by atoms with van der Waals surface area (Å²) in [6.45, 7) is 3.83. The van der Waals surface area contributed by atoms with Crippen molar-refractivity contribution in [1.29, 1.82) is 0 Å². The maximum absolute atomic E-state index is 12.7. The van der Waals surface area contributed by atoms with Crippen molar-refractivity contribution in [2.45, 2.75) is 39.0 Å². The first-order chi connectivity index (χ1) is 12.5. The molecule has 0 radical (unpaired) electrons. The number of aromatic nitrogens is 2. The smallest absolute Gasteiger partial charge is 0.318 e. The predicted octanol–water partition coefficient (Wildman–Crippen LogP) is 1.84. The molecule has 2 aliphatic rings. The average Bonchev–Trinajstić information content (AvgIpc) is 3.31. The number of hydrogen-bond acceptors (Lipinski definition) is 5. The Balaban J connectivity index is 0.00000210. The van der Waals surface area contributed by atoms with Gasteiger partial charge in [-0.3, -0.25) is 8.99 Å². The molecule has 0 saturated carbocycles. The number of carbonyl (C=O) groups is 1. The first kappa shape index (κ1) is 17.3. The third-order valence-corrected chi connectivity index (χ3v) is 7.46. The molecule has 0 unspecified atom stereocenters. The minimum absolute atomic E-state index is 0. The highest BCUT2D eigenvalue weighted by molar-refractivity contribution is 7.93. The lowest BCUT2D eigenvalue weighted by Gasteiger charge is -2.35. The molecule has 2 aromatic heterocycles. The summed E-state index contributed by atoms with van der Waals surface area (Å²) in [5.41, 5.74) is 2.45. The van der Waals surface area contributed by atoms with E-state index in [2.05, 4.69) is 10.4 Å². The third kappa shape index (κ3) is 3.07. The molecule has 2 aliphatic heterocycles. The van der Waals surface area contributed by atoms with Crippen LogP contribution in [-0.4, -0.2) is 47.5 Å². The number of anilines is 1. The van der Waals surface area contributed by atoms with E-state index in [1.165, 1.54) is 4.31 Å². The Labute approximate surface area is 157 Å². The fourth-order valence-corrected chi connectivity index (χ4v) is 5.69. The summed E-state index contributed by atoms with van der Waals surface area (Å²) in [6, 6.07) is 1.81. The number of fused-ring (bicyclic) bond motifs is 1. The topological polar surface area (TPSA) is 87.5 Å². The fraction of sp³-hybridized carbons (Fsp3) is 0.500. The highest BCUT2D eigenvalue weighted by Gasteiger charge is 2.35. The van der Waals surface area contributed by atoms with E-state index in [0.29, 0.717) is 38.3 Å². The van der Waals surface area contributed by atoms with Gasteiger partial charge in [0.05, 0.1) is 42.5 Å². The molecule has 1 N–H and O–H groups in total. The predicted molar refractivity (Wildman–Crippen MR) is 102 cm³/mol. The molecular weight excluding hydrogens is 374 g/mol. The van der Waals surface area contributed by atoms with Gasteiger partial charge in [0, 0.05) is 14.5 Å². The molecule has 2 aromatic rings. The summed E-state index contributed by atoms with van der Waals surface area (Å²) in [5, 5.41) is 11.3. The zero-order chi connectivity index (χ0) is 18.3. The quantitative estimate of drug-likeness (QED) is 0.856. The number of nitrogens with zero attached hydrogens (tertiary/aromatic N) is 4. The first-order valence-corrected chi connectivity index (χ1v) is 11.1. The van der Waals surface area contributed by atoms with E-state index in [0.717, 1.165) is 11.3 Å². The van der Waals surface area contributed by atoms with Gasteiger partial charge in [-0.1, -0.05) is 0 Å². The molecule has 4 heterocycles. The molecule has 0 spiro atoms. The standard InChI is InChI=1S/C16H21N5O3S2.H2/c1-12-9-20-15(14(8-18-20)21-4-2-6-26(21,23)24)10-19(12)16(22)17-7-13-3-5-25-11-13;/h3,5,8,11-12H,2,4,6-7,9-10H2,1H3,(H,17,22);1H/t12-;/m0./s1. The maximum Gasteiger partial charge on any atom is 0.318 e. The van der Waals surface area contributed by atoms with E-state index < -0.39 is 10.0 Å². The average molecular weight is 398 g/mol. The number of amides is 2. The van der Waals surface area contributed by atoms with Gasteiger partial charge in [0.2, 0.25) is 10.0 Å². The summed E-state index contributed by atoms with van der Waals surface area (Å²) in [6.07, 6.45) is 2.23. The van der Waals surface area contributed by atoms with E-state index in [-0.39, 0.29) is 19.3 Å². The highest BCUT2D eigenvalue weighted by atomic mass is 32.2. The molecular formula is C16H23N5O3S2. The minimum atomic E-state index is -3.27. The van der Waals surface area contributed by atoms with E-state index >= 15 is 0 Å². The molecule has 1 saturated heterocycles. The highest BCUT2D eigenvalue weighted by Crippen LogP contribution is 2.31. The van der Waals surface area contributed by atoms with Crippen LogP contribution in [0.3, 0.4) is 0 Å². The first-order valence-electron chi connectivity index (χ1n) is 8.56. The van der Waals surface area contributed by atoms with Crippen molar-refractivity contribution in [2.75, 3.05) is 16.6 Å². The second-order valence-corrected chi connectivity index (χ2v) is 9.46. The van der Waals surface area contributed by atoms with Gasteiger partial charge in [-0.15, -0.1) is 0 Å². The Morgan fingerprint density at radius 2 is 2.35 bits per heavy atom. The fourth-order valence-electron chi connectivity index (χ4n) is 3.45. The lowest BCUT2D eigenvalue weighted by atomic mass is 10.2. The van der Waals surface area contributed by atoms with Gasteiger partial charge in [0.1, 0.15) is 0 Å². The van der Waals surface area contributed by atoms with Gasteiger partial charge in [0.25, 0.3) is 0 Å². The van der Waals surface area contributed by atoms with Crippen molar-refractivity contribution in [1.82, 2.24) is 20.0 Å². The van der Waals surface area contributed by atoms with Crippen molar-refractivity contribution >= 4 is 33.1 Å². The van der Waals surface area contributed by atoms with Gasteiger partial charge in [-0.25, -0.2) is 13.2 Å². The maximum atomic E-state index is 12.7. The third-order valence-electron chi connectivity index (χ3n) is 4.87. The largest absolute Gasteiger partial charge is 0.334 e. The molecule has 0 bridgehead atoms. The number of sulfonamides is 1. The van der Waals surface area contributed by atoms with Crippen LogP contribution in [0.5, 0.6) is 0 Å². The van der Waals surface area contributed by atoms with E-state index in [9.17, 15) is 13.2 Å². The van der Waals surface area contributed by atoms with Crippen molar-refractivity contribution < 1.29 is 14.6 Å². The van der Waals surface area contributed by atoms with Crippen LogP contribution in [0, 0.1) is 0 Å². The summed E-state index contributed by atoms with van der Waals surface area (Å²) >= 11 is 1.60. The molecule has 2 amide bonds. The van der Waals surface area contributed by atoms with Crippen LogP contribution in [0.4, 0.5) is 10.5 Å². The van der Waals surface area contributed by atoms with Crippen molar-refractivity contribution in [3.05, 3.63) is 34.3 Å². The van der Waals surface area contributed by atoms with Crippen LogP contribution in [0.1, 0.15) is 26.0 Å². The number of thiophene rings is 1. The van der Waals surface area contributed by atoms with Crippen LogP contribution in [0.25, 0.3) is 0 Å². The van der Waals surface area contributed by atoms with Crippen LogP contribution >= 0.6 is 11.3 Å². The molecule has 26 heavy (non-hydrogen) atoms. The Morgan fingerprint density at radius 1 is 1.50 bits per heavy atom. The molecule has 142 valence electrons. The molecule has 0 aromatic carbocycles. The number of hydrogen-bond donors (Lipinski definition) is 1. The lowest BCUT2D eigenvalue weighted by molar-refractivity contribution is 0.149. The molecule has 8 nitrogen and oxygen atoms in total. The van der Waals surface area contributed by atoms with Gasteiger partial charge in [-0.2, -0.15) is 16.4 Å². The van der Waals surface area contributed by atoms with E-state index in [4.69, 9.17) is 0 Å². The molecule has 1 fully saturated rings. The summed E-state index contributed by atoms with van der Waals surface area (Å²) in [4.78, 5) is 14.4. The van der Waals surface area contributed by atoms with Gasteiger partial charge in [0.15, 0.2) is 0 Å². The Hall–Kier alpha value is -2.07. The van der Waals surface area contributed by atoms with E-state index in [1.807, 2.05) is 28.4 Å². The molecule has 4 rings (SSSR count). The Bertz CT molecular complexity index is 913. The van der Waals surface area contributed by atoms with Crippen LogP contribution in [0.15, 0.2) is 23.0 Å². The monoisotopic (exact) mass is 397 g/mol. The summed E-state index contributed by atoms with van der Waals surface area (Å²) in [5.74, 6) is 0.166. The van der Waals surface area contributed by atoms with Gasteiger partial charge < -0.3 is 10.2 Å². The molecule has 10 heteroatoms. The van der Waals surface area contributed by atoms with Crippen LogP contribution in [-0.2, 0) is 29.7 Å². The number of urea groups is 1.